The summed E-state index contributed by atoms with van der Waals surface area (Å²) < 4.78 is 49.8. The van der Waals surface area contributed by atoms with E-state index in [4.69, 9.17) is 9.47 Å². The van der Waals surface area contributed by atoms with Gasteiger partial charge >= 0.3 is 18.1 Å². The maximum atomic E-state index is 13.2. The number of fused-ring (bicyclic) bond motifs is 1. The second-order valence-electron chi connectivity index (χ2n) is 10.6. The van der Waals surface area contributed by atoms with Gasteiger partial charge in [0.1, 0.15) is 6.61 Å². The molecule has 1 heterocycles. The molecule has 2 amide bonds. The third kappa shape index (κ3) is 6.21. The van der Waals surface area contributed by atoms with Crippen molar-refractivity contribution < 1.29 is 41.8 Å². The number of rotatable bonds is 9. The van der Waals surface area contributed by atoms with Crippen LogP contribution in [0.5, 0.6) is 0 Å². The molecule has 8 nitrogen and oxygen atoms in total. The molecule has 1 unspecified atom stereocenters. The van der Waals surface area contributed by atoms with Crippen LogP contribution in [0.15, 0.2) is 97.1 Å². The molecule has 4 aromatic carbocycles. The first kappa shape index (κ1) is 32.0. The first-order valence-electron chi connectivity index (χ1n) is 14.3. The van der Waals surface area contributed by atoms with Gasteiger partial charge < -0.3 is 19.7 Å². The Labute approximate surface area is 262 Å². The predicted molar refractivity (Wildman–Crippen MR) is 163 cm³/mol. The van der Waals surface area contributed by atoms with Crippen LogP contribution in [0.25, 0.3) is 11.1 Å². The molecule has 11 heteroatoms. The van der Waals surface area contributed by atoms with Crippen LogP contribution in [-0.2, 0) is 37.2 Å². The van der Waals surface area contributed by atoms with Gasteiger partial charge in [-0.05, 0) is 60.0 Å². The summed E-state index contributed by atoms with van der Waals surface area (Å²) in [5.74, 6) is -2.21. The van der Waals surface area contributed by atoms with Gasteiger partial charge in [0, 0.05) is 29.4 Å². The summed E-state index contributed by atoms with van der Waals surface area (Å²) in [7, 11) is 1.46. The molecule has 0 fully saturated rings. The minimum Gasteiger partial charge on any atom is -0.464 e. The summed E-state index contributed by atoms with van der Waals surface area (Å²) in [5, 5.41) is 2.77. The number of alkyl halides is 3. The SMILES string of the molecule is CCOC(=O)C1(COC(=O)Cc2ccc(NC(=O)c3ccccc3-c3ccc(C(F)(F)F)cc3)cc2)c2ccccc2C(=O)N1C. The van der Waals surface area contributed by atoms with Crippen molar-refractivity contribution in [2.45, 2.75) is 25.1 Å². The Kier molecular flexibility index (Phi) is 8.95. The summed E-state index contributed by atoms with van der Waals surface area (Å²) in [6.07, 6.45) is -4.62. The van der Waals surface area contributed by atoms with Gasteiger partial charge in [-0.25, -0.2) is 4.79 Å². The van der Waals surface area contributed by atoms with Crippen molar-refractivity contribution in [3.8, 4) is 11.1 Å². The lowest BCUT2D eigenvalue weighted by molar-refractivity contribution is -0.164. The van der Waals surface area contributed by atoms with Gasteiger partial charge in [-0.2, -0.15) is 13.2 Å². The first-order chi connectivity index (χ1) is 22.0. The lowest BCUT2D eigenvalue weighted by atomic mass is 9.90. The van der Waals surface area contributed by atoms with E-state index in [-0.39, 0.29) is 24.5 Å². The van der Waals surface area contributed by atoms with Crippen LogP contribution in [0.4, 0.5) is 18.9 Å². The number of likely N-dealkylation sites (N-methyl/N-ethyl adjacent to an activating group) is 1. The summed E-state index contributed by atoms with van der Waals surface area (Å²) in [4.78, 5) is 53.3. The maximum Gasteiger partial charge on any atom is 0.416 e. The van der Waals surface area contributed by atoms with Gasteiger partial charge in [0.25, 0.3) is 11.8 Å². The van der Waals surface area contributed by atoms with Crippen LogP contribution in [0.1, 0.15) is 44.3 Å². The molecule has 5 rings (SSSR count). The minimum atomic E-state index is -4.47. The molecule has 1 aliphatic heterocycles. The number of halogens is 3. The van der Waals surface area contributed by atoms with Crippen LogP contribution in [0, 0.1) is 0 Å². The van der Waals surface area contributed by atoms with E-state index in [1.54, 1.807) is 79.7 Å². The third-order valence-electron chi connectivity index (χ3n) is 7.79. The Bertz CT molecular complexity index is 1790. The van der Waals surface area contributed by atoms with Crippen LogP contribution in [-0.4, -0.2) is 48.9 Å². The van der Waals surface area contributed by atoms with Crippen molar-refractivity contribution in [2.75, 3.05) is 25.6 Å². The predicted octanol–water partition coefficient (Wildman–Crippen LogP) is 6.25. The number of benzene rings is 4. The molecule has 46 heavy (non-hydrogen) atoms. The van der Waals surface area contributed by atoms with E-state index in [0.717, 1.165) is 12.1 Å². The fourth-order valence-corrected chi connectivity index (χ4v) is 5.37. The van der Waals surface area contributed by atoms with Crippen LogP contribution in [0.3, 0.4) is 0 Å². The Hall–Kier alpha value is -5.45. The zero-order valence-corrected chi connectivity index (χ0v) is 24.9. The molecule has 0 saturated heterocycles. The van der Waals surface area contributed by atoms with Crippen LogP contribution in [0.2, 0.25) is 0 Å². The zero-order chi connectivity index (χ0) is 33.1. The summed E-state index contributed by atoms with van der Waals surface area (Å²) >= 11 is 0. The van der Waals surface area contributed by atoms with E-state index in [9.17, 15) is 32.3 Å². The highest BCUT2D eigenvalue weighted by atomic mass is 19.4. The molecule has 4 aromatic rings. The molecule has 0 bridgehead atoms. The molecular weight excluding hydrogens is 601 g/mol. The van der Waals surface area contributed by atoms with E-state index in [1.807, 2.05) is 0 Å². The Morgan fingerprint density at radius 1 is 0.826 bits per heavy atom. The summed E-state index contributed by atoms with van der Waals surface area (Å²) in [5.41, 5.74) is 0.490. The van der Waals surface area contributed by atoms with Crippen molar-refractivity contribution in [1.29, 1.82) is 0 Å². The smallest absolute Gasteiger partial charge is 0.416 e. The van der Waals surface area contributed by atoms with Crippen molar-refractivity contribution in [3.05, 3.63) is 125 Å². The topological polar surface area (TPSA) is 102 Å². The molecule has 1 N–H and O–H groups in total. The fourth-order valence-electron chi connectivity index (χ4n) is 5.37. The van der Waals surface area contributed by atoms with E-state index >= 15 is 0 Å². The lowest BCUT2D eigenvalue weighted by Crippen LogP contribution is -2.52. The number of carbonyl (C=O) groups is 4. The van der Waals surface area contributed by atoms with Crippen LogP contribution < -0.4 is 5.32 Å². The second kappa shape index (κ2) is 12.9. The summed E-state index contributed by atoms with van der Waals surface area (Å²) in [6.45, 7) is 1.28. The number of anilines is 1. The molecule has 0 radical (unpaired) electrons. The average molecular weight is 631 g/mol. The second-order valence-corrected chi connectivity index (χ2v) is 10.6. The highest BCUT2D eigenvalue weighted by Gasteiger charge is 2.55. The molecular formula is C35H29F3N2O6. The maximum absolute atomic E-state index is 13.2. The van der Waals surface area contributed by atoms with Gasteiger partial charge in [-0.1, -0.05) is 60.7 Å². The van der Waals surface area contributed by atoms with Crippen molar-refractivity contribution >= 4 is 29.4 Å². The number of ether oxygens (including phenoxy) is 2. The standard InChI is InChI=1S/C35H29F3N2O6/c1-3-45-33(44)34(29-11-7-6-10-28(29)32(43)40(34)2)21-46-30(41)20-22-12-18-25(19-13-22)39-31(42)27-9-5-4-8-26(27)23-14-16-24(17-15-23)35(36,37)38/h4-19H,3,20-21H2,1-2H3,(H,39,42). The Morgan fingerprint density at radius 2 is 1.46 bits per heavy atom. The third-order valence-corrected chi connectivity index (χ3v) is 7.79. The number of hydrogen-bond donors (Lipinski definition) is 1. The number of esters is 2. The minimum absolute atomic E-state index is 0.0717. The zero-order valence-electron chi connectivity index (χ0n) is 24.9. The molecule has 0 saturated carbocycles. The van der Waals surface area contributed by atoms with Crippen molar-refractivity contribution in [3.63, 3.8) is 0 Å². The molecule has 0 aliphatic carbocycles. The van der Waals surface area contributed by atoms with E-state index < -0.39 is 41.7 Å². The molecule has 236 valence electrons. The highest BCUT2D eigenvalue weighted by molar-refractivity contribution is 6.09. The molecule has 1 atom stereocenters. The first-order valence-corrected chi connectivity index (χ1v) is 14.3. The van der Waals surface area contributed by atoms with E-state index in [0.29, 0.717) is 33.5 Å². The van der Waals surface area contributed by atoms with Crippen molar-refractivity contribution in [1.82, 2.24) is 4.90 Å². The quantitative estimate of drug-likeness (QED) is 0.219. The van der Waals surface area contributed by atoms with Gasteiger partial charge in [-0.15, -0.1) is 0 Å². The van der Waals surface area contributed by atoms with E-state index in [1.165, 1.54) is 24.1 Å². The monoisotopic (exact) mass is 630 g/mol. The molecule has 0 aromatic heterocycles. The van der Waals surface area contributed by atoms with Gasteiger partial charge in [0.15, 0.2) is 0 Å². The van der Waals surface area contributed by atoms with Crippen LogP contribution >= 0.6 is 0 Å². The van der Waals surface area contributed by atoms with Crippen molar-refractivity contribution in [2.24, 2.45) is 0 Å². The molecule has 1 aliphatic rings. The number of amides is 2. The fraction of sp³-hybridized carbons (Fsp3) is 0.200. The Balaban J connectivity index is 1.25. The van der Waals surface area contributed by atoms with E-state index in [2.05, 4.69) is 5.32 Å². The molecule has 0 spiro atoms. The Morgan fingerprint density at radius 3 is 2.11 bits per heavy atom. The lowest BCUT2D eigenvalue weighted by Gasteiger charge is -2.33. The van der Waals surface area contributed by atoms with Gasteiger partial charge in [-0.3, -0.25) is 14.4 Å². The normalized spacial score (nSPS) is 15.7. The number of carbonyl (C=O) groups excluding carboxylic acids is 4. The highest BCUT2D eigenvalue weighted by Crippen LogP contribution is 2.40. The number of nitrogens with zero attached hydrogens (tertiary/aromatic N) is 1. The van der Waals surface area contributed by atoms with Gasteiger partial charge in [0.2, 0.25) is 5.54 Å². The van der Waals surface area contributed by atoms with Gasteiger partial charge in [0.05, 0.1) is 18.6 Å². The number of hydrogen-bond acceptors (Lipinski definition) is 6. The summed E-state index contributed by atoms with van der Waals surface area (Å²) in [6, 6.07) is 24.2. The number of nitrogens with one attached hydrogen (secondary N) is 1. The largest absolute Gasteiger partial charge is 0.464 e. The average Bonchev–Trinajstić information content (AvgIpc) is 3.27.